The van der Waals surface area contributed by atoms with Crippen LogP contribution >= 0.6 is 11.6 Å². The molecule has 1 aliphatic carbocycles. The van der Waals surface area contributed by atoms with Gasteiger partial charge in [-0.05, 0) is 55.9 Å². The number of hydrogen-bond donors (Lipinski definition) is 1. The number of carbonyl (C=O) groups excluding carboxylic acids is 1. The monoisotopic (exact) mass is 517 g/mol. The summed E-state index contributed by atoms with van der Waals surface area (Å²) in [5.74, 6) is -2.89. The lowest BCUT2D eigenvalue weighted by molar-refractivity contribution is -0.146. The van der Waals surface area contributed by atoms with E-state index in [9.17, 15) is 18.4 Å². The van der Waals surface area contributed by atoms with E-state index in [1.807, 2.05) is 16.7 Å². The molecule has 0 atom stereocenters. The van der Waals surface area contributed by atoms with Gasteiger partial charge in [0.25, 0.3) is 0 Å². The lowest BCUT2D eigenvalue weighted by Crippen LogP contribution is -2.40. The third kappa shape index (κ3) is 4.69. The second-order valence-electron chi connectivity index (χ2n) is 9.41. The molecule has 10 heteroatoms. The highest BCUT2D eigenvalue weighted by Crippen LogP contribution is 2.32. The van der Waals surface area contributed by atoms with Crippen molar-refractivity contribution in [3.8, 4) is 0 Å². The number of amides is 1. The van der Waals surface area contributed by atoms with Crippen molar-refractivity contribution in [3.63, 3.8) is 0 Å². The second-order valence-corrected chi connectivity index (χ2v) is 9.79. The van der Waals surface area contributed by atoms with Gasteiger partial charge >= 0.3 is 5.97 Å². The van der Waals surface area contributed by atoms with Gasteiger partial charge in [0, 0.05) is 29.4 Å². The summed E-state index contributed by atoms with van der Waals surface area (Å²) < 4.78 is 36.1. The van der Waals surface area contributed by atoms with Crippen molar-refractivity contribution in [3.05, 3.63) is 63.9 Å². The van der Waals surface area contributed by atoms with Crippen LogP contribution in [0.2, 0.25) is 5.02 Å². The van der Waals surface area contributed by atoms with Crippen LogP contribution in [0, 0.1) is 17.6 Å². The van der Waals surface area contributed by atoms with Crippen LogP contribution in [0.25, 0.3) is 11.0 Å². The molecule has 0 unspecified atom stereocenters. The Morgan fingerprint density at radius 2 is 1.94 bits per heavy atom. The van der Waals surface area contributed by atoms with Gasteiger partial charge in [0.2, 0.25) is 5.91 Å². The van der Waals surface area contributed by atoms with Gasteiger partial charge in [-0.1, -0.05) is 17.7 Å². The van der Waals surface area contributed by atoms with Crippen LogP contribution in [-0.4, -0.2) is 50.7 Å². The Morgan fingerprint density at radius 3 is 2.69 bits per heavy atom. The first-order valence-electron chi connectivity index (χ1n) is 12.0. The molecule has 1 N–H and O–H groups in total. The molecule has 3 heterocycles. The van der Waals surface area contributed by atoms with Crippen molar-refractivity contribution in [1.82, 2.24) is 14.5 Å². The van der Waals surface area contributed by atoms with Crippen LogP contribution in [0.5, 0.6) is 0 Å². The van der Waals surface area contributed by atoms with E-state index in [0.717, 1.165) is 22.7 Å². The molecule has 36 heavy (non-hydrogen) atoms. The first-order chi connectivity index (χ1) is 17.3. The Hall–Kier alpha value is -3.04. The second kappa shape index (κ2) is 10.1. The van der Waals surface area contributed by atoms with Gasteiger partial charge in [-0.25, -0.2) is 13.8 Å². The average molecular weight is 518 g/mol. The molecular weight excluding hydrogens is 492 g/mol. The molecule has 1 amide bonds. The van der Waals surface area contributed by atoms with Crippen molar-refractivity contribution >= 4 is 34.5 Å². The van der Waals surface area contributed by atoms with Crippen LogP contribution in [0.15, 0.2) is 30.5 Å². The van der Waals surface area contributed by atoms with Gasteiger partial charge in [0.05, 0.1) is 25.1 Å². The van der Waals surface area contributed by atoms with Crippen molar-refractivity contribution < 1.29 is 28.2 Å². The van der Waals surface area contributed by atoms with Crippen molar-refractivity contribution in [2.75, 3.05) is 13.2 Å². The Labute approximate surface area is 211 Å². The van der Waals surface area contributed by atoms with Crippen LogP contribution in [0.4, 0.5) is 8.78 Å². The van der Waals surface area contributed by atoms with Crippen molar-refractivity contribution in [2.24, 2.45) is 5.92 Å². The Kier molecular flexibility index (Phi) is 6.94. The summed E-state index contributed by atoms with van der Waals surface area (Å²) in [4.78, 5) is 30.4. The summed E-state index contributed by atoms with van der Waals surface area (Å²) in [7, 11) is 0. The summed E-state index contributed by atoms with van der Waals surface area (Å²) in [6, 6.07) is 6.31. The Bertz CT molecular complexity index is 1320. The normalized spacial score (nSPS) is 19.9. The summed E-state index contributed by atoms with van der Waals surface area (Å²) in [5, 5.41) is 9.55. The first-order valence-corrected chi connectivity index (χ1v) is 12.4. The van der Waals surface area contributed by atoms with Gasteiger partial charge in [0.1, 0.15) is 28.9 Å². The molecule has 3 aromatic rings. The number of halogens is 3. The van der Waals surface area contributed by atoms with Gasteiger partial charge in [-0.3, -0.25) is 9.59 Å². The minimum Gasteiger partial charge on any atom is -0.481 e. The van der Waals surface area contributed by atoms with E-state index < -0.39 is 22.6 Å². The van der Waals surface area contributed by atoms with Crippen LogP contribution < -0.4 is 0 Å². The molecule has 5 rings (SSSR count). The molecule has 190 valence electrons. The fraction of sp³-hybridized carbons (Fsp3) is 0.423. The minimum atomic E-state index is -0.816. The average Bonchev–Trinajstić information content (AvgIpc) is 3.20. The number of carbonyl (C=O) groups is 2. The fourth-order valence-corrected chi connectivity index (χ4v) is 5.44. The summed E-state index contributed by atoms with van der Waals surface area (Å²) in [6.07, 6.45) is 4.52. The summed E-state index contributed by atoms with van der Waals surface area (Å²) in [5.41, 5.74) is 2.81. The fourth-order valence-electron chi connectivity index (χ4n) is 5.26. The molecule has 1 aromatic carbocycles. The molecule has 1 fully saturated rings. The third-order valence-corrected chi connectivity index (χ3v) is 7.62. The number of ether oxygens (including phenoxy) is 1. The maximum Gasteiger partial charge on any atom is 0.306 e. The summed E-state index contributed by atoms with van der Waals surface area (Å²) in [6.45, 7) is 0.861. The molecule has 0 radical (unpaired) electrons. The van der Waals surface area contributed by atoms with E-state index in [1.165, 1.54) is 6.07 Å². The van der Waals surface area contributed by atoms with E-state index >= 15 is 0 Å². The number of hydrogen-bond acceptors (Lipinski definition) is 4. The van der Waals surface area contributed by atoms with E-state index in [1.54, 1.807) is 11.1 Å². The van der Waals surface area contributed by atoms with Crippen LogP contribution in [0.3, 0.4) is 0 Å². The quantitative estimate of drug-likeness (QED) is 0.485. The first kappa shape index (κ1) is 24.6. The maximum atomic E-state index is 14.7. The smallest absolute Gasteiger partial charge is 0.306 e. The van der Waals surface area contributed by atoms with Crippen molar-refractivity contribution in [2.45, 2.75) is 51.3 Å². The number of aromatic nitrogens is 2. The molecule has 1 saturated carbocycles. The molecule has 2 aliphatic rings. The standard InChI is InChI=1S/C26H26ClF2N3O4/c27-23-20(28)8-5-16(24(23)29)12-32-21-13-31(11-9-18(21)19-2-1-10-30-25(19)32)22(33)14-36-17-6-3-15(4-7-17)26(34)35/h1-2,5,8,10,15,17H,3-4,6-7,9,11-14H2,(H,34,35)/t15-,17-. The van der Waals surface area contributed by atoms with E-state index in [4.69, 9.17) is 21.4 Å². The summed E-state index contributed by atoms with van der Waals surface area (Å²) >= 11 is 5.80. The van der Waals surface area contributed by atoms with E-state index in [2.05, 4.69) is 4.98 Å². The number of nitrogens with zero attached hydrogens (tertiary/aromatic N) is 3. The minimum absolute atomic E-state index is 0.0710. The van der Waals surface area contributed by atoms with Gasteiger partial charge in [-0.2, -0.15) is 0 Å². The number of carboxylic acid groups (broad SMARTS) is 1. The highest BCUT2D eigenvalue weighted by molar-refractivity contribution is 6.30. The predicted octanol–water partition coefficient (Wildman–Crippen LogP) is 4.56. The predicted molar refractivity (Wildman–Crippen MR) is 129 cm³/mol. The zero-order valence-electron chi connectivity index (χ0n) is 19.6. The van der Waals surface area contributed by atoms with E-state index in [-0.39, 0.29) is 36.6 Å². The maximum absolute atomic E-state index is 14.7. The van der Waals surface area contributed by atoms with E-state index in [0.29, 0.717) is 50.8 Å². The third-order valence-electron chi connectivity index (χ3n) is 7.28. The number of pyridine rings is 1. The molecule has 7 nitrogen and oxygen atoms in total. The number of benzene rings is 1. The largest absolute Gasteiger partial charge is 0.481 e. The lowest BCUT2D eigenvalue weighted by Gasteiger charge is -2.30. The Morgan fingerprint density at radius 1 is 1.17 bits per heavy atom. The molecule has 0 spiro atoms. The van der Waals surface area contributed by atoms with Gasteiger partial charge < -0.3 is 19.3 Å². The highest BCUT2D eigenvalue weighted by atomic mass is 35.5. The topological polar surface area (TPSA) is 84.7 Å². The number of fused-ring (bicyclic) bond motifs is 3. The Balaban J connectivity index is 1.33. The molecule has 1 aliphatic heterocycles. The molecular formula is C26H26ClF2N3O4. The zero-order chi connectivity index (χ0) is 25.4. The highest BCUT2D eigenvalue weighted by Gasteiger charge is 2.30. The van der Waals surface area contributed by atoms with Crippen molar-refractivity contribution in [1.29, 1.82) is 0 Å². The van der Waals surface area contributed by atoms with Crippen LogP contribution in [-0.2, 0) is 33.8 Å². The SMILES string of the molecule is O=C(CO[C@H]1CC[C@H](C(=O)O)CC1)N1CCc2c(n(Cc3ccc(F)c(Cl)c3F)c3ncccc23)C1. The molecule has 2 aromatic heterocycles. The lowest BCUT2D eigenvalue weighted by atomic mass is 9.87. The van der Waals surface area contributed by atoms with Crippen LogP contribution in [0.1, 0.15) is 42.5 Å². The number of rotatable bonds is 6. The zero-order valence-corrected chi connectivity index (χ0v) is 20.3. The van der Waals surface area contributed by atoms with Gasteiger partial charge in [0.15, 0.2) is 0 Å². The van der Waals surface area contributed by atoms with Gasteiger partial charge in [-0.15, -0.1) is 0 Å². The molecule has 0 bridgehead atoms. The molecule has 0 saturated heterocycles. The number of carboxylic acids is 1. The number of aliphatic carboxylic acids is 1.